The summed E-state index contributed by atoms with van der Waals surface area (Å²) in [4.78, 5) is 17.2. The average molecular weight is 528 g/mol. The molecule has 0 spiro atoms. The number of thioether (sulfide) groups is 1. The Labute approximate surface area is 204 Å². The van der Waals surface area contributed by atoms with Crippen molar-refractivity contribution in [3.63, 3.8) is 0 Å². The summed E-state index contributed by atoms with van der Waals surface area (Å²) < 4.78 is 3.08. The Morgan fingerprint density at radius 1 is 1.09 bits per heavy atom. The molecule has 1 amide bonds. The number of nitrogens with one attached hydrogen (secondary N) is 1. The fourth-order valence-corrected chi connectivity index (χ4v) is 4.44. The highest BCUT2D eigenvalue weighted by Crippen LogP contribution is 2.27. The van der Waals surface area contributed by atoms with Crippen LogP contribution in [0.4, 0.5) is 0 Å². The Morgan fingerprint density at radius 2 is 1.81 bits per heavy atom. The highest BCUT2D eigenvalue weighted by Gasteiger charge is 2.14. The van der Waals surface area contributed by atoms with Crippen molar-refractivity contribution < 1.29 is 4.79 Å². The van der Waals surface area contributed by atoms with E-state index >= 15 is 0 Å². The van der Waals surface area contributed by atoms with Gasteiger partial charge in [-0.1, -0.05) is 81.8 Å². The molecule has 1 N–H and O–H groups in total. The first-order valence-corrected chi connectivity index (χ1v) is 12.1. The number of hydrogen-bond donors (Lipinski definition) is 1. The standard InChI is InChI=1S/C24H20BrClN4OS/c1-16(17-10-12-19(25)13-11-17)28-29-23(31)15-32-24-27-21-8-4-5-9-22(21)30(24)14-18-6-2-3-7-20(18)26/h2-13H,14-15H2,1H3,(H,29,31)/b28-16+. The lowest BCUT2D eigenvalue weighted by Gasteiger charge is -2.10. The predicted molar refractivity (Wildman–Crippen MR) is 136 cm³/mol. The maximum absolute atomic E-state index is 12.4. The fourth-order valence-electron chi connectivity index (χ4n) is 3.18. The van der Waals surface area contributed by atoms with Crippen LogP contribution < -0.4 is 5.43 Å². The third kappa shape index (κ3) is 5.41. The SMILES string of the molecule is C/C(=N\NC(=O)CSc1nc2ccccc2n1Cc1ccccc1Cl)c1ccc(Br)cc1. The third-order valence-electron chi connectivity index (χ3n) is 4.85. The molecular weight excluding hydrogens is 508 g/mol. The monoisotopic (exact) mass is 526 g/mol. The Bertz CT molecular complexity index is 1290. The van der Waals surface area contributed by atoms with Gasteiger partial charge in [-0.05, 0) is 48.4 Å². The summed E-state index contributed by atoms with van der Waals surface area (Å²) in [5.74, 6) is 0.00554. The van der Waals surface area contributed by atoms with Crippen LogP contribution in [0.1, 0.15) is 18.1 Å². The van der Waals surface area contributed by atoms with Gasteiger partial charge in [-0.25, -0.2) is 10.4 Å². The number of amides is 1. The molecule has 3 aromatic carbocycles. The first-order valence-electron chi connectivity index (χ1n) is 9.92. The van der Waals surface area contributed by atoms with Gasteiger partial charge in [-0.2, -0.15) is 5.10 Å². The van der Waals surface area contributed by atoms with E-state index < -0.39 is 0 Å². The minimum atomic E-state index is -0.192. The average Bonchev–Trinajstić information content (AvgIpc) is 3.15. The van der Waals surface area contributed by atoms with Crippen LogP contribution in [0.15, 0.2) is 87.5 Å². The van der Waals surface area contributed by atoms with Crippen LogP contribution in [0.25, 0.3) is 11.0 Å². The van der Waals surface area contributed by atoms with E-state index in [-0.39, 0.29) is 11.7 Å². The van der Waals surface area contributed by atoms with Crippen LogP contribution in [-0.4, -0.2) is 26.9 Å². The van der Waals surface area contributed by atoms with Crippen molar-refractivity contribution in [2.45, 2.75) is 18.6 Å². The molecule has 0 aliphatic rings. The first-order chi connectivity index (χ1) is 15.5. The highest BCUT2D eigenvalue weighted by atomic mass is 79.9. The van der Waals surface area contributed by atoms with Crippen LogP contribution in [0.3, 0.4) is 0 Å². The molecule has 162 valence electrons. The summed E-state index contributed by atoms with van der Waals surface area (Å²) in [6, 6.07) is 23.4. The summed E-state index contributed by atoms with van der Waals surface area (Å²) in [6.45, 7) is 2.44. The number of para-hydroxylation sites is 2. The smallest absolute Gasteiger partial charge is 0.250 e. The highest BCUT2D eigenvalue weighted by molar-refractivity contribution is 9.10. The lowest BCUT2D eigenvalue weighted by atomic mass is 10.1. The molecule has 5 nitrogen and oxygen atoms in total. The molecule has 0 atom stereocenters. The molecule has 0 saturated carbocycles. The molecule has 0 radical (unpaired) electrons. The molecule has 0 aliphatic heterocycles. The molecule has 4 aromatic rings. The number of benzene rings is 3. The van der Waals surface area contributed by atoms with Crippen LogP contribution in [0.5, 0.6) is 0 Å². The zero-order valence-electron chi connectivity index (χ0n) is 17.3. The second kappa shape index (κ2) is 10.3. The van der Waals surface area contributed by atoms with Crippen molar-refractivity contribution in [3.05, 3.63) is 93.4 Å². The molecule has 32 heavy (non-hydrogen) atoms. The summed E-state index contributed by atoms with van der Waals surface area (Å²) >= 11 is 11.2. The van der Waals surface area contributed by atoms with Crippen molar-refractivity contribution in [1.82, 2.24) is 15.0 Å². The first kappa shape index (κ1) is 22.6. The molecule has 4 rings (SSSR count). The molecule has 0 fully saturated rings. The lowest BCUT2D eigenvalue weighted by Crippen LogP contribution is -2.21. The van der Waals surface area contributed by atoms with Crippen LogP contribution in [0.2, 0.25) is 5.02 Å². The number of rotatable bonds is 7. The van der Waals surface area contributed by atoms with E-state index in [1.165, 1.54) is 11.8 Å². The van der Waals surface area contributed by atoms with Gasteiger partial charge in [0.05, 0.1) is 29.0 Å². The van der Waals surface area contributed by atoms with Crippen molar-refractivity contribution >= 4 is 61.9 Å². The topological polar surface area (TPSA) is 59.3 Å². The van der Waals surface area contributed by atoms with Crippen molar-refractivity contribution in [1.29, 1.82) is 0 Å². The molecular formula is C24H20BrClN4OS. The van der Waals surface area contributed by atoms with E-state index in [1.807, 2.05) is 79.7 Å². The number of carbonyl (C=O) groups is 1. The summed E-state index contributed by atoms with van der Waals surface area (Å²) in [7, 11) is 0. The van der Waals surface area contributed by atoms with Gasteiger partial charge in [0, 0.05) is 9.50 Å². The lowest BCUT2D eigenvalue weighted by molar-refractivity contribution is -0.118. The predicted octanol–water partition coefficient (Wildman–Crippen LogP) is 6.13. The quantitative estimate of drug-likeness (QED) is 0.179. The Hall–Kier alpha value is -2.61. The van der Waals surface area contributed by atoms with Crippen LogP contribution >= 0.6 is 39.3 Å². The Morgan fingerprint density at radius 3 is 2.59 bits per heavy atom. The number of aromatic nitrogens is 2. The van der Waals surface area contributed by atoms with Gasteiger partial charge in [-0.15, -0.1) is 0 Å². The molecule has 1 aromatic heterocycles. The number of hydrogen-bond acceptors (Lipinski definition) is 4. The summed E-state index contributed by atoms with van der Waals surface area (Å²) in [5.41, 5.74) is 7.20. The Balaban J connectivity index is 1.48. The van der Waals surface area contributed by atoms with E-state index in [1.54, 1.807) is 0 Å². The minimum Gasteiger partial charge on any atom is -0.314 e. The van der Waals surface area contributed by atoms with Crippen LogP contribution in [-0.2, 0) is 11.3 Å². The number of hydrazone groups is 1. The van der Waals surface area contributed by atoms with Gasteiger partial charge in [0.15, 0.2) is 5.16 Å². The number of imidazole rings is 1. The van der Waals surface area contributed by atoms with Gasteiger partial charge in [-0.3, -0.25) is 4.79 Å². The Kier molecular flexibility index (Phi) is 7.29. The van der Waals surface area contributed by atoms with E-state index in [9.17, 15) is 4.79 Å². The molecule has 0 bridgehead atoms. The number of carbonyl (C=O) groups excluding carboxylic acids is 1. The number of halogens is 2. The zero-order chi connectivity index (χ0) is 22.5. The van der Waals surface area contributed by atoms with Gasteiger partial charge in [0.1, 0.15) is 0 Å². The van der Waals surface area contributed by atoms with Crippen molar-refractivity contribution in [3.8, 4) is 0 Å². The normalized spacial score (nSPS) is 11.7. The second-order valence-electron chi connectivity index (χ2n) is 7.09. The van der Waals surface area contributed by atoms with E-state index in [4.69, 9.17) is 16.6 Å². The number of fused-ring (bicyclic) bond motifs is 1. The van der Waals surface area contributed by atoms with Crippen LogP contribution in [0, 0.1) is 0 Å². The second-order valence-corrected chi connectivity index (χ2v) is 9.35. The van der Waals surface area contributed by atoms with Crippen molar-refractivity contribution in [2.75, 3.05) is 5.75 Å². The van der Waals surface area contributed by atoms with Crippen molar-refractivity contribution in [2.24, 2.45) is 5.10 Å². The minimum absolute atomic E-state index is 0.192. The molecule has 0 unspecified atom stereocenters. The fraction of sp³-hybridized carbons (Fsp3) is 0.125. The third-order valence-corrected chi connectivity index (χ3v) is 6.72. The van der Waals surface area contributed by atoms with Gasteiger partial charge in [0.2, 0.25) is 0 Å². The van der Waals surface area contributed by atoms with Gasteiger partial charge in [0.25, 0.3) is 5.91 Å². The maximum Gasteiger partial charge on any atom is 0.250 e. The molecule has 1 heterocycles. The molecule has 0 aliphatic carbocycles. The van der Waals surface area contributed by atoms with E-state index in [0.29, 0.717) is 11.6 Å². The van der Waals surface area contributed by atoms with E-state index in [0.717, 1.165) is 37.5 Å². The zero-order valence-corrected chi connectivity index (χ0v) is 20.4. The van der Waals surface area contributed by atoms with Gasteiger partial charge >= 0.3 is 0 Å². The molecule has 8 heteroatoms. The summed E-state index contributed by atoms with van der Waals surface area (Å²) in [6.07, 6.45) is 0. The molecule has 0 saturated heterocycles. The van der Waals surface area contributed by atoms with Gasteiger partial charge < -0.3 is 4.57 Å². The summed E-state index contributed by atoms with van der Waals surface area (Å²) in [5, 5.41) is 5.69. The largest absolute Gasteiger partial charge is 0.314 e. The maximum atomic E-state index is 12.4. The number of nitrogens with zero attached hydrogens (tertiary/aromatic N) is 3. The van der Waals surface area contributed by atoms with E-state index in [2.05, 4.69) is 31.0 Å².